The van der Waals surface area contributed by atoms with Gasteiger partial charge in [-0.1, -0.05) is 72.6 Å². The van der Waals surface area contributed by atoms with Gasteiger partial charge in [0.1, 0.15) is 5.75 Å². The number of anilines is 1. The molecule has 0 aromatic heterocycles. The smallest absolute Gasteiger partial charge is 0.307 e. The van der Waals surface area contributed by atoms with Gasteiger partial charge in [-0.05, 0) is 76.9 Å². The van der Waals surface area contributed by atoms with Crippen molar-refractivity contribution in [1.29, 1.82) is 0 Å². The van der Waals surface area contributed by atoms with E-state index in [0.29, 0.717) is 39.1 Å². The molecule has 1 amide bonds. The average molecular weight is 550 g/mol. The van der Waals surface area contributed by atoms with E-state index in [1.54, 1.807) is 30.3 Å². The number of amides is 1. The highest BCUT2D eigenvalue weighted by Crippen LogP contribution is 2.43. The third-order valence-corrected chi connectivity index (χ3v) is 8.17. The van der Waals surface area contributed by atoms with Crippen molar-refractivity contribution >= 4 is 40.8 Å². The van der Waals surface area contributed by atoms with Gasteiger partial charge in [0.15, 0.2) is 0 Å². The molecule has 4 aromatic rings. The first-order valence-electron chi connectivity index (χ1n) is 13.4. The molecule has 1 aliphatic carbocycles. The highest BCUT2D eigenvalue weighted by Gasteiger charge is 2.26. The lowest BCUT2D eigenvalue weighted by molar-refractivity contribution is -0.136. The SMILES string of the molecule is COc1ccc(/C=C2\C(=O)Nc3cc(Cl)c(-c4ccc(-c5ccccc5C5CCC5)cc4)cc32)cc1CC(=O)O. The maximum absolute atomic E-state index is 13.0. The van der Waals surface area contributed by atoms with Crippen molar-refractivity contribution in [2.24, 2.45) is 0 Å². The normalized spacial score (nSPS) is 15.4. The van der Waals surface area contributed by atoms with E-state index >= 15 is 0 Å². The molecule has 1 heterocycles. The molecule has 40 heavy (non-hydrogen) atoms. The number of carboxylic acid groups (broad SMARTS) is 1. The number of methoxy groups -OCH3 is 1. The number of fused-ring (bicyclic) bond motifs is 1. The van der Waals surface area contributed by atoms with Crippen molar-refractivity contribution in [1.82, 2.24) is 0 Å². The van der Waals surface area contributed by atoms with E-state index in [9.17, 15) is 14.7 Å². The predicted molar refractivity (Wildman–Crippen MR) is 160 cm³/mol. The molecular weight excluding hydrogens is 522 g/mol. The van der Waals surface area contributed by atoms with Crippen LogP contribution in [0.15, 0.2) is 78.9 Å². The lowest BCUT2D eigenvalue weighted by Gasteiger charge is -2.28. The van der Waals surface area contributed by atoms with Crippen LogP contribution in [0.1, 0.15) is 47.4 Å². The maximum Gasteiger partial charge on any atom is 0.307 e. The summed E-state index contributed by atoms with van der Waals surface area (Å²) in [7, 11) is 1.50. The molecule has 2 aliphatic rings. The standard InChI is InChI=1S/C34H28ClNO4/c1-40-32-14-9-20(15-24(32)17-33(37)38)16-29-28-18-27(30(35)19-31(28)36-34(29)39)23-12-10-22(11-13-23)26-8-3-2-7-25(26)21-5-4-6-21/h2-3,7-16,18-19,21H,4-6,17H2,1H3,(H,36,39)(H,37,38)/b29-16-. The highest BCUT2D eigenvalue weighted by molar-refractivity contribution is 6.38. The minimum atomic E-state index is -0.955. The molecule has 6 heteroatoms. The molecule has 5 nitrogen and oxygen atoms in total. The third-order valence-electron chi connectivity index (χ3n) is 7.86. The van der Waals surface area contributed by atoms with Crippen molar-refractivity contribution in [3.8, 4) is 28.0 Å². The van der Waals surface area contributed by atoms with Crippen LogP contribution < -0.4 is 10.1 Å². The Kier molecular flexibility index (Phi) is 6.91. The van der Waals surface area contributed by atoms with Crippen molar-refractivity contribution in [3.05, 3.63) is 106 Å². The Morgan fingerprint density at radius 2 is 1.70 bits per heavy atom. The molecule has 6 rings (SSSR count). The zero-order valence-electron chi connectivity index (χ0n) is 22.0. The number of carboxylic acids is 1. The van der Waals surface area contributed by atoms with Crippen LogP contribution in [0.2, 0.25) is 5.02 Å². The van der Waals surface area contributed by atoms with Gasteiger partial charge in [-0.3, -0.25) is 9.59 Å². The van der Waals surface area contributed by atoms with Gasteiger partial charge in [0.05, 0.1) is 24.2 Å². The summed E-state index contributed by atoms with van der Waals surface area (Å²) in [5.74, 6) is -0.0533. The summed E-state index contributed by atoms with van der Waals surface area (Å²) in [5, 5.41) is 12.7. The Bertz CT molecular complexity index is 1670. The second-order valence-corrected chi connectivity index (χ2v) is 10.7. The molecule has 0 radical (unpaired) electrons. The fraction of sp³-hybridized carbons (Fsp3) is 0.176. The molecule has 1 fully saturated rings. The summed E-state index contributed by atoms with van der Waals surface area (Å²) >= 11 is 6.71. The highest BCUT2D eigenvalue weighted by atomic mass is 35.5. The Labute approximate surface area is 238 Å². The molecule has 0 bridgehead atoms. The van der Waals surface area contributed by atoms with Crippen LogP contribution in [0.25, 0.3) is 33.9 Å². The topological polar surface area (TPSA) is 75.6 Å². The number of carbonyl (C=O) groups excluding carboxylic acids is 1. The number of hydrogen-bond acceptors (Lipinski definition) is 3. The zero-order valence-corrected chi connectivity index (χ0v) is 22.8. The third kappa shape index (κ3) is 4.89. The minimum absolute atomic E-state index is 0.177. The molecule has 0 spiro atoms. The summed E-state index contributed by atoms with van der Waals surface area (Å²) in [6.07, 6.45) is 5.39. The number of benzene rings is 4. The Hall–Kier alpha value is -4.35. The Morgan fingerprint density at radius 3 is 2.38 bits per heavy atom. The summed E-state index contributed by atoms with van der Waals surface area (Å²) in [5.41, 5.74) is 8.81. The molecular formula is C34H28ClNO4. The second kappa shape index (κ2) is 10.7. The van der Waals surface area contributed by atoms with Crippen molar-refractivity contribution < 1.29 is 19.4 Å². The second-order valence-electron chi connectivity index (χ2n) is 10.3. The van der Waals surface area contributed by atoms with Crippen LogP contribution >= 0.6 is 11.6 Å². The van der Waals surface area contributed by atoms with Gasteiger partial charge in [0.2, 0.25) is 0 Å². The number of carbonyl (C=O) groups is 2. The van der Waals surface area contributed by atoms with Crippen LogP contribution in [0, 0.1) is 0 Å². The van der Waals surface area contributed by atoms with Crippen molar-refractivity contribution in [3.63, 3.8) is 0 Å². The summed E-state index contributed by atoms with van der Waals surface area (Å²) in [6, 6.07) is 26.1. The summed E-state index contributed by atoms with van der Waals surface area (Å²) in [6.45, 7) is 0. The monoisotopic (exact) mass is 549 g/mol. The lowest BCUT2D eigenvalue weighted by atomic mass is 9.77. The molecule has 0 unspecified atom stereocenters. The number of hydrogen-bond donors (Lipinski definition) is 2. The largest absolute Gasteiger partial charge is 0.496 e. The lowest BCUT2D eigenvalue weighted by Crippen LogP contribution is -2.09. The number of nitrogens with one attached hydrogen (secondary N) is 1. The summed E-state index contributed by atoms with van der Waals surface area (Å²) in [4.78, 5) is 24.3. The van der Waals surface area contributed by atoms with Crippen LogP contribution in [0.3, 0.4) is 0 Å². The van der Waals surface area contributed by atoms with Gasteiger partial charge in [-0.15, -0.1) is 0 Å². The number of rotatable bonds is 7. The Morgan fingerprint density at radius 1 is 0.975 bits per heavy atom. The number of halogens is 1. The minimum Gasteiger partial charge on any atom is -0.496 e. The van der Waals surface area contributed by atoms with Crippen molar-refractivity contribution in [2.75, 3.05) is 12.4 Å². The molecule has 1 saturated carbocycles. The van der Waals surface area contributed by atoms with Crippen LogP contribution in [-0.2, 0) is 16.0 Å². The zero-order chi connectivity index (χ0) is 27.8. The Balaban J connectivity index is 1.35. The van der Waals surface area contributed by atoms with Crippen LogP contribution in [-0.4, -0.2) is 24.1 Å². The van der Waals surface area contributed by atoms with E-state index in [4.69, 9.17) is 16.3 Å². The molecule has 1 aliphatic heterocycles. The molecule has 0 atom stereocenters. The van der Waals surface area contributed by atoms with E-state index in [1.807, 2.05) is 6.07 Å². The van der Waals surface area contributed by atoms with E-state index in [-0.39, 0.29) is 12.3 Å². The average Bonchev–Trinajstić information content (AvgIpc) is 3.21. The van der Waals surface area contributed by atoms with Gasteiger partial charge >= 0.3 is 5.97 Å². The fourth-order valence-corrected chi connectivity index (χ4v) is 5.87. The predicted octanol–water partition coefficient (Wildman–Crippen LogP) is 8.07. The number of ether oxygens (including phenoxy) is 1. The molecule has 200 valence electrons. The quantitative estimate of drug-likeness (QED) is 0.228. The molecule has 0 saturated heterocycles. The van der Waals surface area contributed by atoms with E-state index < -0.39 is 5.97 Å². The summed E-state index contributed by atoms with van der Waals surface area (Å²) < 4.78 is 5.31. The first-order chi connectivity index (χ1) is 19.4. The van der Waals surface area contributed by atoms with Gasteiger partial charge < -0.3 is 15.2 Å². The van der Waals surface area contributed by atoms with Gasteiger partial charge in [0, 0.05) is 22.3 Å². The van der Waals surface area contributed by atoms with E-state index in [1.165, 1.54) is 43.1 Å². The first-order valence-corrected chi connectivity index (χ1v) is 13.7. The van der Waals surface area contributed by atoms with Gasteiger partial charge in [0.25, 0.3) is 5.91 Å². The van der Waals surface area contributed by atoms with Gasteiger partial charge in [-0.25, -0.2) is 0 Å². The maximum atomic E-state index is 13.0. The van der Waals surface area contributed by atoms with E-state index in [2.05, 4.69) is 53.8 Å². The number of aliphatic carboxylic acids is 1. The van der Waals surface area contributed by atoms with Crippen LogP contribution in [0.5, 0.6) is 5.75 Å². The van der Waals surface area contributed by atoms with Gasteiger partial charge in [-0.2, -0.15) is 0 Å². The van der Waals surface area contributed by atoms with Crippen molar-refractivity contribution in [2.45, 2.75) is 31.6 Å². The molecule has 2 N–H and O–H groups in total. The molecule has 4 aromatic carbocycles. The first kappa shape index (κ1) is 25.9. The van der Waals surface area contributed by atoms with Crippen LogP contribution in [0.4, 0.5) is 5.69 Å². The van der Waals surface area contributed by atoms with E-state index in [0.717, 1.165) is 16.7 Å². The fourth-order valence-electron chi connectivity index (χ4n) is 5.60.